The van der Waals surface area contributed by atoms with Gasteiger partial charge in [0.05, 0.1) is 14.2 Å². The van der Waals surface area contributed by atoms with Gasteiger partial charge in [0, 0.05) is 19.7 Å². The number of benzene rings is 1. The summed E-state index contributed by atoms with van der Waals surface area (Å²) >= 11 is 0. The Morgan fingerprint density at radius 1 is 1.28 bits per heavy atom. The summed E-state index contributed by atoms with van der Waals surface area (Å²) in [5, 5.41) is 7.42. The second kappa shape index (κ2) is 6.64. The Morgan fingerprint density at radius 3 is 2.39 bits per heavy atom. The molecule has 0 aromatic heterocycles. The number of rotatable bonds is 2. The molecule has 1 aliphatic heterocycles. The Balaban J connectivity index is 0.000000357. The maximum atomic E-state index is 9.00. The zero-order valence-corrected chi connectivity index (χ0v) is 10.8. The number of ether oxygens (including phenoxy) is 2. The summed E-state index contributed by atoms with van der Waals surface area (Å²) in [6.45, 7) is 1.95. The van der Waals surface area contributed by atoms with E-state index in [1.165, 1.54) is 5.56 Å². The van der Waals surface area contributed by atoms with E-state index in [9.17, 15) is 0 Å². The minimum atomic E-state index is -0.833. The average Bonchev–Trinajstić information content (AvgIpc) is 2.36. The molecule has 2 rings (SSSR count). The fraction of sp³-hybridized carbons (Fsp3) is 0.385. The molecule has 0 saturated carbocycles. The van der Waals surface area contributed by atoms with Crippen LogP contribution in [0.4, 0.5) is 0 Å². The van der Waals surface area contributed by atoms with Crippen molar-refractivity contribution in [3.8, 4) is 11.5 Å². The van der Waals surface area contributed by atoms with Crippen LogP contribution in [0.5, 0.6) is 11.5 Å². The third-order valence-corrected chi connectivity index (χ3v) is 2.39. The van der Waals surface area contributed by atoms with E-state index in [1.807, 2.05) is 18.3 Å². The summed E-state index contributed by atoms with van der Waals surface area (Å²) < 4.78 is 10.4. The normalized spacial score (nSPS) is 11.9. The van der Waals surface area contributed by atoms with Crippen molar-refractivity contribution in [3.63, 3.8) is 0 Å². The lowest BCUT2D eigenvalue weighted by Gasteiger charge is -2.14. The van der Waals surface area contributed by atoms with Gasteiger partial charge in [0.15, 0.2) is 11.5 Å². The molecule has 1 N–H and O–H groups in total. The molecule has 18 heavy (non-hydrogen) atoms. The SMILES string of the molecule is CC(=O)O.COc1cc2c(cc1OC)CCN=C2. The van der Waals surface area contributed by atoms with Gasteiger partial charge in [-0.05, 0) is 29.7 Å². The van der Waals surface area contributed by atoms with Crippen molar-refractivity contribution < 1.29 is 19.4 Å². The number of hydrogen-bond donors (Lipinski definition) is 1. The first kappa shape index (κ1) is 14.0. The number of nitrogens with zero attached hydrogens (tertiary/aromatic N) is 1. The summed E-state index contributed by atoms with van der Waals surface area (Å²) in [7, 11) is 3.30. The highest BCUT2D eigenvalue weighted by atomic mass is 16.5. The number of aliphatic imine (C=N–C) groups is 1. The van der Waals surface area contributed by atoms with E-state index in [-0.39, 0.29) is 0 Å². The lowest BCUT2D eigenvalue weighted by molar-refractivity contribution is -0.134. The van der Waals surface area contributed by atoms with Gasteiger partial charge in [-0.3, -0.25) is 9.79 Å². The quantitative estimate of drug-likeness (QED) is 0.869. The van der Waals surface area contributed by atoms with Crippen LogP contribution in [0.3, 0.4) is 0 Å². The van der Waals surface area contributed by atoms with Crippen molar-refractivity contribution in [1.29, 1.82) is 0 Å². The fourth-order valence-electron chi connectivity index (χ4n) is 1.62. The van der Waals surface area contributed by atoms with Crippen LogP contribution in [0.2, 0.25) is 0 Å². The van der Waals surface area contributed by atoms with E-state index < -0.39 is 5.97 Å². The maximum Gasteiger partial charge on any atom is 0.300 e. The van der Waals surface area contributed by atoms with Crippen molar-refractivity contribution in [2.75, 3.05) is 20.8 Å². The van der Waals surface area contributed by atoms with Crippen LogP contribution in [-0.2, 0) is 11.2 Å². The van der Waals surface area contributed by atoms with Crippen LogP contribution in [0.1, 0.15) is 18.1 Å². The van der Waals surface area contributed by atoms with E-state index in [1.54, 1.807) is 14.2 Å². The van der Waals surface area contributed by atoms with E-state index >= 15 is 0 Å². The van der Waals surface area contributed by atoms with Gasteiger partial charge >= 0.3 is 0 Å². The van der Waals surface area contributed by atoms with Gasteiger partial charge in [0.1, 0.15) is 0 Å². The van der Waals surface area contributed by atoms with Crippen LogP contribution in [0.15, 0.2) is 17.1 Å². The molecule has 0 amide bonds. The van der Waals surface area contributed by atoms with Gasteiger partial charge in [-0.2, -0.15) is 0 Å². The summed E-state index contributed by atoms with van der Waals surface area (Å²) in [5.74, 6) is 0.723. The van der Waals surface area contributed by atoms with Crippen molar-refractivity contribution >= 4 is 12.2 Å². The van der Waals surface area contributed by atoms with Gasteiger partial charge in [0.2, 0.25) is 0 Å². The third kappa shape index (κ3) is 3.76. The summed E-state index contributed by atoms with van der Waals surface area (Å²) in [5.41, 5.74) is 2.41. The molecule has 1 heterocycles. The minimum Gasteiger partial charge on any atom is -0.493 e. The highest BCUT2D eigenvalue weighted by Gasteiger charge is 2.11. The fourth-order valence-corrected chi connectivity index (χ4v) is 1.62. The predicted molar refractivity (Wildman–Crippen MR) is 69.0 cm³/mol. The lowest BCUT2D eigenvalue weighted by Crippen LogP contribution is -2.04. The van der Waals surface area contributed by atoms with Crippen LogP contribution >= 0.6 is 0 Å². The second-order valence-electron chi connectivity index (χ2n) is 3.71. The van der Waals surface area contributed by atoms with E-state index in [4.69, 9.17) is 19.4 Å². The molecular formula is C13H17NO4. The van der Waals surface area contributed by atoms with Crippen molar-refractivity contribution in [3.05, 3.63) is 23.3 Å². The predicted octanol–water partition coefficient (Wildman–Crippen LogP) is 1.77. The second-order valence-corrected chi connectivity index (χ2v) is 3.71. The Morgan fingerprint density at radius 2 is 1.83 bits per heavy atom. The highest BCUT2D eigenvalue weighted by molar-refractivity contribution is 5.84. The summed E-state index contributed by atoms with van der Waals surface area (Å²) in [6, 6.07) is 4.00. The number of fused-ring (bicyclic) bond motifs is 1. The Labute approximate surface area is 106 Å². The van der Waals surface area contributed by atoms with Crippen LogP contribution < -0.4 is 9.47 Å². The minimum absolute atomic E-state index is 0.764. The Hall–Kier alpha value is -2.04. The molecule has 5 heteroatoms. The summed E-state index contributed by atoms with van der Waals surface area (Å²) in [4.78, 5) is 13.2. The molecular weight excluding hydrogens is 234 g/mol. The van der Waals surface area contributed by atoms with Gasteiger partial charge in [-0.25, -0.2) is 0 Å². The maximum absolute atomic E-state index is 9.00. The molecule has 0 saturated heterocycles. The van der Waals surface area contributed by atoms with Gasteiger partial charge in [-0.15, -0.1) is 0 Å². The van der Waals surface area contributed by atoms with Crippen LogP contribution in [0.25, 0.3) is 0 Å². The largest absolute Gasteiger partial charge is 0.493 e. The van der Waals surface area contributed by atoms with Gasteiger partial charge < -0.3 is 14.6 Å². The molecule has 1 aromatic carbocycles. The topological polar surface area (TPSA) is 68.1 Å². The molecule has 0 bridgehead atoms. The molecule has 5 nitrogen and oxygen atoms in total. The average molecular weight is 251 g/mol. The number of carboxylic acid groups (broad SMARTS) is 1. The van der Waals surface area contributed by atoms with Gasteiger partial charge in [-0.1, -0.05) is 0 Å². The standard InChI is InChI=1S/C11H13NO2.C2H4O2/c1-13-10-5-8-3-4-12-7-9(8)6-11(10)14-2;1-2(3)4/h5-7H,3-4H2,1-2H3;1H3,(H,3,4). The van der Waals surface area contributed by atoms with Crippen molar-refractivity contribution in [2.24, 2.45) is 4.99 Å². The molecule has 98 valence electrons. The first-order chi connectivity index (χ1) is 8.58. The molecule has 1 aliphatic rings. The molecule has 0 aliphatic carbocycles. The molecule has 1 aromatic rings. The van der Waals surface area contributed by atoms with Crippen molar-refractivity contribution in [1.82, 2.24) is 0 Å². The molecule has 0 atom stereocenters. The Bertz CT molecular complexity index is 451. The van der Waals surface area contributed by atoms with E-state index in [0.29, 0.717) is 0 Å². The first-order valence-corrected chi connectivity index (χ1v) is 5.52. The Kier molecular flexibility index (Phi) is 5.17. The monoisotopic (exact) mass is 251 g/mol. The molecule has 0 unspecified atom stereocenters. The molecule has 0 spiro atoms. The van der Waals surface area contributed by atoms with E-state index in [2.05, 4.69) is 4.99 Å². The van der Waals surface area contributed by atoms with Crippen LogP contribution in [-0.4, -0.2) is 38.1 Å². The number of methoxy groups -OCH3 is 2. The number of aliphatic carboxylic acids is 1. The zero-order valence-electron chi connectivity index (χ0n) is 10.8. The molecule has 0 fully saturated rings. The summed E-state index contributed by atoms with van der Waals surface area (Å²) in [6.07, 6.45) is 2.87. The zero-order chi connectivity index (χ0) is 13.5. The third-order valence-electron chi connectivity index (χ3n) is 2.39. The van der Waals surface area contributed by atoms with Gasteiger partial charge in [0.25, 0.3) is 5.97 Å². The number of hydrogen-bond acceptors (Lipinski definition) is 4. The smallest absolute Gasteiger partial charge is 0.300 e. The molecule has 0 radical (unpaired) electrons. The van der Waals surface area contributed by atoms with Crippen molar-refractivity contribution in [2.45, 2.75) is 13.3 Å². The lowest BCUT2D eigenvalue weighted by atomic mass is 10.0. The number of carbonyl (C=O) groups is 1. The van der Waals surface area contributed by atoms with Crippen LogP contribution in [0, 0.1) is 0 Å². The number of carboxylic acids is 1. The highest BCUT2D eigenvalue weighted by Crippen LogP contribution is 2.30. The first-order valence-electron chi connectivity index (χ1n) is 5.52. The van der Waals surface area contributed by atoms with E-state index in [0.717, 1.165) is 37.0 Å².